The fourth-order valence-corrected chi connectivity index (χ4v) is 3.93. The Labute approximate surface area is 149 Å². The lowest BCUT2D eigenvalue weighted by molar-refractivity contribution is 0.158. The van der Waals surface area contributed by atoms with Gasteiger partial charge in [-0.1, -0.05) is 12.1 Å². The molecule has 25 heavy (non-hydrogen) atoms. The van der Waals surface area contributed by atoms with Gasteiger partial charge in [-0.15, -0.1) is 0 Å². The monoisotopic (exact) mass is 345 g/mol. The molecule has 5 heteroatoms. The minimum absolute atomic E-state index is 0.0989. The molecule has 0 saturated carbocycles. The summed E-state index contributed by atoms with van der Waals surface area (Å²) in [5, 5.41) is 7.32. The molecule has 1 fully saturated rings. The number of hydrogen-bond acceptors (Lipinski definition) is 3. The summed E-state index contributed by atoms with van der Waals surface area (Å²) < 4.78 is 19.4. The molecule has 4 nitrogen and oxygen atoms in total. The summed E-state index contributed by atoms with van der Waals surface area (Å²) in [6.45, 7) is 7.44. The topological polar surface area (TPSA) is 41.2 Å². The zero-order valence-corrected chi connectivity index (χ0v) is 15.4. The molecule has 0 spiro atoms. The minimum atomic E-state index is -0.169. The molecule has 0 radical (unpaired) electrons. The smallest absolute Gasteiger partial charge is 0.123 e. The first-order valence-corrected chi connectivity index (χ1v) is 9.03. The third kappa shape index (κ3) is 4.10. The summed E-state index contributed by atoms with van der Waals surface area (Å²) in [7, 11) is 2.15. The van der Waals surface area contributed by atoms with Gasteiger partial charge in [0, 0.05) is 24.3 Å². The maximum absolute atomic E-state index is 13.7. The Bertz CT molecular complexity index is 687. The number of nitrogens with one attached hydrogen (secondary N) is 1. The van der Waals surface area contributed by atoms with Crippen molar-refractivity contribution < 1.29 is 9.13 Å². The number of halogens is 1. The van der Waals surface area contributed by atoms with Crippen LogP contribution in [0.3, 0.4) is 0 Å². The summed E-state index contributed by atoms with van der Waals surface area (Å²) >= 11 is 0. The second-order valence-electron chi connectivity index (χ2n) is 7.35. The van der Waals surface area contributed by atoms with E-state index in [-0.39, 0.29) is 11.2 Å². The van der Waals surface area contributed by atoms with Crippen LogP contribution in [0.4, 0.5) is 4.39 Å². The lowest BCUT2D eigenvalue weighted by atomic mass is 9.79. The van der Waals surface area contributed by atoms with Crippen molar-refractivity contribution >= 4 is 0 Å². The predicted octanol–water partition coefficient (Wildman–Crippen LogP) is 3.39. The highest BCUT2D eigenvalue weighted by atomic mass is 19.1. The third-order valence-electron chi connectivity index (χ3n) is 5.36. The van der Waals surface area contributed by atoms with Gasteiger partial charge in [0.05, 0.1) is 12.3 Å². The van der Waals surface area contributed by atoms with E-state index in [2.05, 4.69) is 36.0 Å². The Morgan fingerprint density at radius 3 is 2.84 bits per heavy atom. The largest absolute Gasteiger partial charge is 0.380 e. The summed E-state index contributed by atoms with van der Waals surface area (Å²) in [6, 6.07) is 7.01. The van der Waals surface area contributed by atoms with Crippen molar-refractivity contribution in [1.82, 2.24) is 15.1 Å². The van der Waals surface area contributed by atoms with E-state index < -0.39 is 0 Å². The Hall–Kier alpha value is -1.72. The number of likely N-dealkylation sites (N-methyl/N-ethyl adjacent to an activating group) is 1. The van der Waals surface area contributed by atoms with Crippen LogP contribution < -0.4 is 0 Å². The van der Waals surface area contributed by atoms with Crippen molar-refractivity contribution in [3.8, 4) is 0 Å². The number of H-pyrrole nitrogens is 1. The lowest BCUT2D eigenvalue weighted by Crippen LogP contribution is -2.40. The van der Waals surface area contributed by atoms with E-state index in [1.165, 1.54) is 17.3 Å². The van der Waals surface area contributed by atoms with Gasteiger partial charge in [-0.3, -0.25) is 5.10 Å². The van der Waals surface area contributed by atoms with Gasteiger partial charge in [-0.2, -0.15) is 5.10 Å². The van der Waals surface area contributed by atoms with Gasteiger partial charge in [-0.25, -0.2) is 4.39 Å². The van der Waals surface area contributed by atoms with Crippen LogP contribution >= 0.6 is 0 Å². The van der Waals surface area contributed by atoms with Crippen LogP contribution in [0.2, 0.25) is 0 Å². The van der Waals surface area contributed by atoms with Crippen LogP contribution in [-0.2, 0) is 16.6 Å². The Balaban J connectivity index is 1.61. The van der Waals surface area contributed by atoms with Gasteiger partial charge < -0.3 is 9.64 Å². The molecule has 1 aliphatic rings. The zero-order valence-electron chi connectivity index (χ0n) is 15.4. The van der Waals surface area contributed by atoms with Gasteiger partial charge in [0.15, 0.2) is 0 Å². The molecule has 1 saturated heterocycles. The number of benzene rings is 1. The molecular weight excluding hydrogens is 317 g/mol. The van der Waals surface area contributed by atoms with E-state index >= 15 is 0 Å². The molecule has 1 unspecified atom stereocenters. The minimum Gasteiger partial charge on any atom is -0.380 e. The van der Waals surface area contributed by atoms with Crippen LogP contribution in [0.25, 0.3) is 0 Å². The molecule has 0 aliphatic carbocycles. The molecule has 1 aromatic heterocycles. The van der Waals surface area contributed by atoms with E-state index in [0.29, 0.717) is 6.61 Å². The second-order valence-corrected chi connectivity index (χ2v) is 7.35. The highest BCUT2D eigenvalue weighted by molar-refractivity contribution is 5.28. The Morgan fingerprint density at radius 1 is 1.36 bits per heavy atom. The highest BCUT2D eigenvalue weighted by Gasteiger charge is 2.37. The molecule has 2 heterocycles. The standard InChI is InChI=1S/C20H28FN3O/c1-15-19(16(2)23-22-15)8-5-10-24(3)13-20(9-11-25-14-20)17-6-4-7-18(21)12-17/h4,6-7,12H,5,8-11,13-14H2,1-3H3,(H,22,23). The Morgan fingerprint density at radius 2 is 2.20 bits per heavy atom. The van der Waals surface area contributed by atoms with E-state index in [1.807, 2.05) is 6.07 Å². The Kier molecular flexibility index (Phi) is 5.54. The summed E-state index contributed by atoms with van der Waals surface area (Å²) in [6.07, 6.45) is 3.06. The third-order valence-corrected chi connectivity index (χ3v) is 5.36. The number of hydrogen-bond donors (Lipinski definition) is 1. The second kappa shape index (κ2) is 7.67. The van der Waals surface area contributed by atoms with Gasteiger partial charge in [0.1, 0.15) is 5.82 Å². The van der Waals surface area contributed by atoms with Gasteiger partial charge in [-0.05, 0) is 70.0 Å². The maximum Gasteiger partial charge on any atom is 0.123 e. The fourth-order valence-electron chi connectivity index (χ4n) is 3.93. The first kappa shape index (κ1) is 18.1. The van der Waals surface area contributed by atoms with Crippen LogP contribution in [0.1, 0.15) is 35.4 Å². The van der Waals surface area contributed by atoms with E-state index in [9.17, 15) is 4.39 Å². The lowest BCUT2D eigenvalue weighted by Gasteiger charge is -2.33. The average Bonchev–Trinajstić information content (AvgIpc) is 3.17. The van der Waals surface area contributed by atoms with Crippen molar-refractivity contribution in [1.29, 1.82) is 0 Å². The SMILES string of the molecule is Cc1n[nH]c(C)c1CCCN(C)CC1(c2cccc(F)c2)CCOC1. The number of nitrogens with zero attached hydrogens (tertiary/aromatic N) is 2. The molecule has 1 N–H and O–H groups in total. The molecule has 1 atom stereocenters. The number of aryl methyl sites for hydroxylation is 2. The van der Waals surface area contributed by atoms with Crippen molar-refractivity contribution in [2.24, 2.45) is 0 Å². The number of aromatic nitrogens is 2. The van der Waals surface area contributed by atoms with E-state index in [4.69, 9.17) is 4.74 Å². The van der Waals surface area contributed by atoms with E-state index in [0.717, 1.165) is 50.2 Å². The summed E-state index contributed by atoms with van der Waals surface area (Å²) in [5.74, 6) is -0.169. The molecule has 0 bridgehead atoms. The number of rotatable bonds is 7. The first-order chi connectivity index (χ1) is 12.0. The molecule has 0 amide bonds. The van der Waals surface area contributed by atoms with Crippen LogP contribution in [-0.4, -0.2) is 48.4 Å². The zero-order chi connectivity index (χ0) is 17.9. The van der Waals surface area contributed by atoms with Crippen molar-refractivity contribution in [2.45, 2.75) is 38.5 Å². The quantitative estimate of drug-likeness (QED) is 0.836. The fraction of sp³-hybridized carbons (Fsp3) is 0.550. The van der Waals surface area contributed by atoms with Gasteiger partial charge >= 0.3 is 0 Å². The number of ether oxygens (including phenoxy) is 1. The van der Waals surface area contributed by atoms with E-state index in [1.54, 1.807) is 12.1 Å². The maximum atomic E-state index is 13.7. The van der Waals surface area contributed by atoms with Gasteiger partial charge in [0.25, 0.3) is 0 Å². The van der Waals surface area contributed by atoms with Crippen molar-refractivity contribution in [3.05, 3.63) is 52.6 Å². The molecule has 1 aromatic carbocycles. The molecule has 2 aromatic rings. The van der Waals surface area contributed by atoms with Gasteiger partial charge in [0.2, 0.25) is 0 Å². The molecular formula is C20H28FN3O. The summed E-state index contributed by atoms with van der Waals surface area (Å²) in [4.78, 5) is 2.35. The van der Waals surface area contributed by atoms with Crippen LogP contribution in [0.15, 0.2) is 24.3 Å². The number of aromatic amines is 1. The van der Waals surface area contributed by atoms with Crippen LogP contribution in [0.5, 0.6) is 0 Å². The van der Waals surface area contributed by atoms with Crippen molar-refractivity contribution in [3.63, 3.8) is 0 Å². The molecule has 136 valence electrons. The van der Waals surface area contributed by atoms with Crippen LogP contribution in [0, 0.1) is 19.7 Å². The van der Waals surface area contributed by atoms with Crippen molar-refractivity contribution in [2.75, 3.05) is 33.4 Å². The summed E-state index contributed by atoms with van der Waals surface area (Å²) in [5.41, 5.74) is 4.55. The predicted molar refractivity (Wildman–Crippen MR) is 97.4 cm³/mol. The average molecular weight is 345 g/mol. The molecule has 1 aliphatic heterocycles. The highest BCUT2D eigenvalue weighted by Crippen LogP contribution is 2.34. The first-order valence-electron chi connectivity index (χ1n) is 9.03. The normalized spacial score (nSPS) is 20.5. The molecule has 3 rings (SSSR count).